The van der Waals surface area contributed by atoms with Crippen LogP contribution in [0.2, 0.25) is 0 Å². The predicted molar refractivity (Wildman–Crippen MR) is 83.9 cm³/mol. The Morgan fingerprint density at radius 3 is 2.22 bits per heavy atom. The Kier molecular flexibility index (Phi) is 4.78. The topological polar surface area (TPSA) is 115 Å². The summed E-state index contributed by atoms with van der Waals surface area (Å²) in [4.78, 5) is 31.9. The van der Waals surface area contributed by atoms with E-state index < -0.39 is 15.8 Å². The third kappa shape index (κ3) is 4.46. The van der Waals surface area contributed by atoms with Gasteiger partial charge in [0.2, 0.25) is 5.91 Å². The van der Waals surface area contributed by atoms with Crippen LogP contribution in [0.5, 0.6) is 0 Å². The van der Waals surface area contributed by atoms with E-state index in [9.17, 15) is 25.0 Å². The Balaban J connectivity index is 2.02. The Hall–Kier alpha value is -3.55. The number of carbonyl (C=O) groups excluding carboxylic acids is 1. The summed E-state index contributed by atoms with van der Waals surface area (Å²) in [5.74, 6) is -0.469. The van der Waals surface area contributed by atoms with Gasteiger partial charge >= 0.3 is 0 Å². The summed E-state index contributed by atoms with van der Waals surface area (Å²) in [5, 5.41) is 23.7. The standard InChI is InChI=1S/C15H11N3O5/c19-15(16-12-2-1-3-14(10-12)18(22)23)9-6-11-4-7-13(8-5-11)17(20)21/h1-10H,(H,16,19). The van der Waals surface area contributed by atoms with Gasteiger partial charge in [-0.2, -0.15) is 0 Å². The van der Waals surface area contributed by atoms with E-state index in [2.05, 4.69) is 5.32 Å². The molecule has 0 aliphatic heterocycles. The minimum Gasteiger partial charge on any atom is -0.322 e. The van der Waals surface area contributed by atoms with Gasteiger partial charge in [-0.15, -0.1) is 0 Å². The molecule has 0 atom stereocenters. The zero-order valence-corrected chi connectivity index (χ0v) is 11.7. The highest BCUT2D eigenvalue weighted by molar-refractivity contribution is 6.02. The van der Waals surface area contributed by atoms with E-state index in [-0.39, 0.29) is 11.4 Å². The molecule has 2 rings (SSSR count). The molecular formula is C15H11N3O5. The van der Waals surface area contributed by atoms with Crippen LogP contribution in [0.1, 0.15) is 5.56 Å². The Morgan fingerprint density at radius 1 is 0.957 bits per heavy atom. The molecular weight excluding hydrogens is 302 g/mol. The van der Waals surface area contributed by atoms with Crippen molar-refractivity contribution in [2.24, 2.45) is 0 Å². The number of anilines is 1. The highest BCUT2D eigenvalue weighted by Crippen LogP contribution is 2.17. The third-order valence-electron chi connectivity index (χ3n) is 2.86. The molecule has 116 valence electrons. The van der Waals surface area contributed by atoms with Crippen molar-refractivity contribution < 1.29 is 14.6 Å². The molecule has 23 heavy (non-hydrogen) atoms. The summed E-state index contributed by atoms with van der Waals surface area (Å²) < 4.78 is 0. The van der Waals surface area contributed by atoms with E-state index in [1.165, 1.54) is 60.7 Å². The molecule has 0 aliphatic carbocycles. The molecule has 8 nitrogen and oxygen atoms in total. The molecule has 2 aromatic rings. The van der Waals surface area contributed by atoms with E-state index in [1.807, 2.05) is 0 Å². The number of nitro groups is 2. The Morgan fingerprint density at radius 2 is 1.61 bits per heavy atom. The van der Waals surface area contributed by atoms with Crippen LogP contribution in [0, 0.1) is 20.2 Å². The summed E-state index contributed by atoms with van der Waals surface area (Å²) in [6.45, 7) is 0. The van der Waals surface area contributed by atoms with Gasteiger partial charge in [0, 0.05) is 36.0 Å². The van der Waals surface area contributed by atoms with Gasteiger partial charge in [-0.1, -0.05) is 6.07 Å². The largest absolute Gasteiger partial charge is 0.322 e. The van der Waals surface area contributed by atoms with Gasteiger partial charge in [0.1, 0.15) is 0 Å². The first-order valence-electron chi connectivity index (χ1n) is 6.44. The summed E-state index contributed by atoms with van der Waals surface area (Å²) in [7, 11) is 0. The second-order valence-corrected chi connectivity index (χ2v) is 4.48. The highest BCUT2D eigenvalue weighted by atomic mass is 16.6. The first-order valence-corrected chi connectivity index (χ1v) is 6.44. The van der Waals surface area contributed by atoms with E-state index in [4.69, 9.17) is 0 Å². The Labute approximate surface area is 130 Å². The summed E-state index contributed by atoms with van der Waals surface area (Å²) in [5.41, 5.74) is 0.757. The van der Waals surface area contributed by atoms with E-state index in [0.717, 1.165) is 0 Å². The van der Waals surface area contributed by atoms with Crippen LogP contribution in [0.25, 0.3) is 6.08 Å². The molecule has 8 heteroatoms. The van der Waals surface area contributed by atoms with Crippen LogP contribution in [-0.2, 0) is 4.79 Å². The average molecular weight is 313 g/mol. The van der Waals surface area contributed by atoms with Crippen LogP contribution < -0.4 is 5.32 Å². The minimum absolute atomic E-state index is 0.0387. The zero-order valence-electron chi connectivity index (χ0n) is 11.7. The van der Waals surface area contributed by atoms with Crippen molar-refractivity contribution in [2.75, 3.05) is 5.32 Å². The third-order valence-corrected chi connectivity index (χ3v) is 2.86. The van der Waals surface area contributed by atoms with Crippen molar-refractivity contribution in [1.82, 2.24) is 0 Å². The lowest BCUT2D eigenvalue weighted by molar-refractivity contribution is -0.385. The van der Waals surface area contributed by atoms with Crippen molar-refractivity contribution in [3.63, 3.8) is 0 Å². The molecule has 0 saturated carbocycles. The monoisotopic (exact) mass is 313 g/mol. The van der Waals surface area contributed by atoms with Crippen molar-refractivity contribution >= 4 is 29.0 Å². The maximum absolute atomic E-state index is 11.8. The minimum atomic E-state index is -0.553. The Bertz CT molecular complexity index is 784. The van der Waals surface area contributed by atoms with Gasteiger partial charge in [-0.05, 0) is 29.8 Å². The fourth-order valence-electron chi connectivity index (χ4n) is 1.76. The second-order valence-electron chi connectivity index (χ2n) is 4.48. The van der Waals surface area contributed by atoms with Gasteiger partial charge in [0.25, 0.3) is 11.4 Å². The SMILES string of the molecule is O=C(C=Cc1ccc([N+](=O)[O-])cc1)Nc1cccc([N+](=O)[O-])c1. The van der Waals surface area contributed by atoms with Crippen molar-refractivity contribution in [2.45, 2.75) is 0 Å². The molecule has 0 spiro atoms. The van der Waals surface area contributed by atoms with Crippen molar-refractivity contribution in [1.29, 1.82) is 0 Å². The molecule has 0 bridgehead atoms. The maximum Gasteiger partial charge on any atom is 0.271 e. The van der Waals surface area contributed by atoms with Crippen molar-refractivity contribution in [3.05, 3.63) is 80.4 Å². The van der Waals surface area contributed by atoms with Crippen LogP contribution in [0.15, 0.2) is 54.6 Å². The number of nitrogens with zero attached hydrogens (tertiary/aromatic N) is 2. The van der Waals surface area contributed by atoms with Crippen LogP contribution in [-0.4, -0.2) is 15.8 Å². The number of rotatable bonds is 5. The number of benzene rings is 2. The second kappa shape index (κ2) is 6.94. The summed E-state index contributed by atoms with van der Waals surface area (Å²) in [6, 6.07) is 11.2. The predicted octanol–water partition coefficient (Wildman–Crippen LogP) is 3.15. The molecule has 0 unspecified atom stereocenters. The van der Waals surface area contributed by atoms with Gasteiger partial charge in [-0.25, -0.2) is 0 Å². The first-order chi connectivity index (χ1) is 11.0. The molecule has 1 amide bonds. The van der Waals surface area contributed by atoms with Crippen LogP contribution in [0.4, 0.5) is 17.1 Å². The normalized spacial score (nSPS) is 10.4. The lowest BCUT2D eigenvalue weighted by Crippen LogP contribution is -2.07. The number of nitro benzene ring substituents is 2. The molecule has 2 aromatic carbocycles. The lowest BCUT2D eigenvalue weighted by atomic mass is 10.2. The van der Waals surface area contributed by atoms with Gasteiger partial charge in [-0.3, -0.25) is 25.0 Å². The maximum atomic E-state index is 11.8. The molecule has 0 fully saturated rings. The fraction of sp³-hybridized carbons (Fsp3) is 0. The van der Waals surface area contributed by atoms with Gasteiger partial charge in [0.15, 0.2) is 0 Å². The van der Waals surface area contributed by atoms with Crippen molar-refractivity contribution in [3.8, 4) is 0 Å². The molecule has 0 aromatic heterocycles. The highest BCUT2D eigenvalue weighted by Gasteiger charge is 2.07. The molecule has 0 radical (unpaired) electrons. The molecule has 0 aliphatic rings. The van der Waals surface area contributed by atoms with E-state index in [0.29, 0.717) is 11.3 Å². The van der Waals surface area contributed by atoms with Crippen LogP contribution >= 0.6 is 0 Å². The van der Waals surface area contributed by atoms with Crippen LogP contribution in [0.3, 0.4) is 0 Å². The smallest absolute Gasteiger partial charge is 0.271 e. The molecule has 1 N–H and O–H groups in total. The number of amides is 1. The molecule has 0 saturated heterocycles. The number of hydrogen-bond donors (Lipinski definition) is 1. The average Bonchev–Trinajstić information content (AvgIpc) is 2.53. The number of carbonyl (C=O) groups is 1. The quantitative estimate of drug-likeness (QED) is 0.517. The van der Waals surface area contributed by atoms with Gasteiger partial charge < -0.3 is 5.32 Å². The van der Waals surface area contributed by atoms with Gasteiger partial charge in [0.05, 0.1) is 9.85 Å². The summed E-state index contributed by atoms with van der Waals surface area (Å²) in [6.07, 6.45) is 2.72. The number of nitrogens with one attached hydrogen (secondary N) is 1. The van der Waals surface area contributed by atoms with E-state index in [1.54, 1.807) is 0 Å². The first kappa shape index (κ1) is 15.8. The lowest BCUT2D eigenvalue weighted by Gasteiger charge is -2.01. The van der Waals surface area contributed by atoms with E-state index >= 15 is 0 Å². The zero-order chi connectivity index (χ0) is 16.8. The number of hydrogen-bond acceptors (Lipinski definition) is 5. The summed E-state index contributed by atoms with van der Waals surface area (Å²) >= 11 is 0. The molecule has 0 heterocycles. The number of non-ortho nitro benzene ring substituents is 2. The fourth-order valence-corrected chi connectivity index (χ4v) is 1.76.